The van der Waals surface area contributed by atoms with Gasteiger partial charge in [-0.15, -0.1) is 0 Å². The minimum absolute atomic E-state index is 0.225. The fourth-order valence-electron chi connectivity index (χ4n) is 3.42. The maximum Gasteiger partial charge on any atom is 0.206 e. The number of piperidine rings is 1. The van der Waals surface area contributed by atoms with Gasteiger partial charge in [0.15, 0.2) is 0 Å². The quantitative estimate of drug-likeness (QED) is 0.791. The van der Waals surface area contributed by atoms with Crippen molar-refractivity contribution in [2.45, 2.75) is 25.4 Å². The highest BCUT2D eigenvalue weighted by atomic mass is 35.5. The van der Waals surface area contributed by atoms with Gasteiger partial charge in [0, 0.05) is 24.2 Å². The Balaban J connectivity index is 1.76. The van der Waals surface area contributed by atoms with Crippen LogP contribution >= 0.6 is 11.6 Å². The van der Waals surface area contributed by atoms with Gasteiger partial charge < -0.3 is 15.2 Å². The third kappa shape index (κ3) is 2.99. The molecule has 0 amide bonds. The summed E-state index contributed by atoms with van der Waals surface area (Å²) < 4.78 is 2.29. The second-order valence-corrected chi connectivity index (χ2v) is 6.90. The van der Waals surface area contributed by atoms with Crippen LogP contribution in [0.4, 0.5) is 5.95 Å². The van der Waals surface area contributed by atoms with Crippen molar-refractivity contribution in [2.24, 2.45) is 5.73 Å². The van der Waals surface area contributed by atoms with Gasteiger partial charge in [-0.05, 0) is 42.7 Å². The second-order valence-electron chi connectivity index (χ2n) is 6.46. The normalized spacial score (nSPS) is 18.2. The molecule has 2 aromatic carbocycles. The Bertz CT molecular complexity index is 840. The molecule has 1 fully saturated rings. The number of imidazole rings is 1. The first-order chi connectivity index (χ1) is 11.7. The summed E-state index contributed by atoms with van der Waals surface area (Å²) in [6.45, 7) is 2.65. The summed E-state index contributed by atoms with van der Waals surface area (Å²) in [4.78, 5) is 7.22. The van der Waals surface area contributed by atoms with Crippen LogP contribution in [0, 0.1) is 0 Å². The van der Waals surface area contributed by atoms with Gasteiger partial charge >= 0.3 is 0 Å². The van der Waals surface area contributed by atoms with E-state index in [4.69, 9.17) is 22.3 Å². The van der Waals surface area contributed by atoms with Gasteiger partial charge in [-0.3, -0.25) is 0 Å². The van der Waals surface area contributed by atoms with Crippen molar-refractivity contribution in [3.05, 3.63) is 59.1 Å². The Labute approximate surface area is 146 Å². The van der Waals surface area contributed by atoms with E-state index in [-0.39, 0.29) is 6.04 Å². The summed E-state index contributed by atoms with van der Waals surface area (Å²) in [5.41, 5.74) is 9.58. The van der Waals surface area contributed by atoms with Crippen LogP contribution in [-0.4, -0.2) is 28.7 Å². The molecule has 0 saturated carbocycles. The van der Waals surface area contributed by atoms with Crippen molar-refractivity contribution in [1.29, 1.82) is 0 Å². The molecule has 4 nitrogen and oxygen atoms in total. The van der Waals surface area contributed by atoms with Gasteiger partial charge in [-0.1, -0.05) is 35.9 Å². The molecule has 2 heterocycles. The lowest BCUT2D eigenvalue weighted by molar-refractivity contribution is 0.495. The van der Waals surface area contributed by atoms with E-state index in [1.807, 2.05) is 18.2 Å². The van der Waals surface area contributed by atoms with E-state index < -0.39 is 0 Å². The van der Waals surface area contributed by atoms with Crippen LogP contribution in [0.1, 0.15) is 18.4 Å². The SMILES string of the molecule is N[C@@H]1CCCN(c2nc3ccccc3n2Cc2ccc(Cl)cc2)C1. The van der Waals surface area contributed by atoms with Crippen LogP contribution in [0.2, 0.25) is 5.02 Å². The van der Waals surface area contributed by atoms with E-state index in [9.17, 15) is 0 Å². The number of nitrogens with zero attached hydrogens (tertiary/aromatic N) is 3. The summed E-state index contributed by atoms with van der Waals surface area (Å²) in [6, 6.07) is 16.5. The lowest BCUT2D eigenvalue weighted by atomic mass is 10.1. The maximum absolute atomic E-state index is 6.18. The Morgan fingerprint density at radius 3 is 2.71 bits per heavy atom. The average molecular weight is 341 g/mol. The smallest absolute Gasteiger partial charge is 0.206 e. The van der Waals surface area contributed by atoms with E-state index in [1.54, 1.807) is 0 Å². The summed E-state index contributed by atoms with van der Waals surface area (Å²) in [5.74, 6) is 1.02. The zero-order valence-corrected chi connectivity index (χ0v) is 14.3. The third-order valence-electron chi connectivity index (χ3n) is 4.63. The molecule has 0 aliphatic carbocycles. The molecule has 1 saturated heterocycles. The first-order valence-corrected chi connectivity index (χ1v) is 8.79. The van der Waals surface area contributed by atoms with Crippen molar-refractivity contribution in [3.63, 3.8) is 0 Å². The van der Waals surface area contributed by atoms with E-state index in [1.165, 1.54) is 5.56 Å². The molecule has 1 aliphatic rings. The molecule has 1 atom stereocenters. The van der Waals surface area contributed by atoms with Crippen molar-refractivity contribution in [1.82, 2.24) is 9.55 Å². The lowest BCUT2D eigenvalue weighted by Crippen LogP contribution is -2.44. The number of rotatable bonds is 3. The Morgan fingerprint density at radius 1 is 1.12 bits per heavy atom. The highest BCUT2D eigenvalue weighted by molar-refractivity contribution is 6.30. The van der Waals surface area contributed by atoms with E-state index in [0.717, 1.165) is 54.5 Å². The third-order valence-corrected chi connectivity index (χ3v) is 4.88. The van der Waals surface area contributed by atoms with E-state index in [0.29, 0.717) is 0 Å². The number of halogens is 1. The van der Waals surface area contributed by atoms with E-state index in [2.05, 4.69) is 39.8 Å². The van der Waals surface area contributed by atoms with Gasteiger partial charge in [0.05, 0.1) is 17.6 Å². The van der Waals surface area contributed by atoms with Crippen LogP contribution in [0.25, 0.3) is 11.0 Å². The van der Waals surface area contributed by atoms with Gasteiger partial charge in [0.2, 0.25) is 5.95 Å². The van der Waals surface area contributed by atoms with E-state index >= 15 is 0 Å². The molecular weight excluding hydrogens is 320 g/mol. The number of nitrogens with two attached hydrogens (primary N) is 1. The summed E-state index contributed by atoms with van der Waals surface area (Å²) in [5, 5.41) is 0.761. The Kier molecular flexibility index (Phi) is 4.17. The fourth-order valence-corrected chi connectivity index (χ4v) is 3.55. The molecule has 0 unspecified atom stereocenters. The molecule has 0 spiro atoms. The van der Waals surface area contributed by atoms with Crippen molar-refractivity contribution in [2.75, 3.05) is 18.0 Å². The molecule has 0 radical (unpaired) electrons. The monoisotopic (exact) mass is 340 g/mol. The number of hydrogen-bond acceptors (Lipinski definition) is 3. The van der Waals surface area contributed by atoms with Crippen LogP contribution in [0.5, 0.6) is 0 Å². The molecule has 2 N–H and O–H groups in total. The molecule has 124 valence electrons. The van der Waals surface area contributed by atoms with Crippen molar-refractivity contribution >= 4 is 28.6 Å². The summed E-state index contributed by atoms with van der Waals surface area (Å²) in [7, 11) is 0. The number of anilines is 1. The van der Waals surface area contributed by atoms with Gasteiger partial charge in [-0.2, -0.15) is 0 Å². The standard InChI is InChI=1S/C19H21ClN4/c20-15-9-7-14(8-10-15)12-24-18-6-2-1-5-17(18)22-19(24)23-11-3-4-16(21)13-23/h1-2,5-10,16H,3-4,11-13,21H2/t16-/m1/s1. The Hall–Kier alpha value is -2.04. The van der Waals surface area contributed by atoms with Crippen LogP contribution in [0.15, 0.2) is 48.5 Å². The van der Waals surface area contributed by atoms with Crippen molar-refractivity contribution < 1.29 is 0 Å². The largest absolute Gasteiger partial charge is 0.341 e. The number of hydrogen-bond donors (Lipinski definition) is 1. The second kappa shape index (κ2) is 6.46. The molecule has 4 rings (SSSR count). The number of benzene rings is 2. The minimum Gasteiger partial charge on any atom is -0.341 e. The summed E-state index contributed by atoms with van der Waals surface area (Å²) in [6.07, 6.45) is 2.21. The number of fused-ring (bicyclic) bond motifs is 1. The highest BCUT2D eigenvalue weighted by Crippen LogP contribution is 2.26. The molecule has 0 bridgehead atoms. The predicted octanol–water partition coefficient (Wildman–Crippen LogP) is 3.67. The van der Waals surface area contributed by atoms with Gasteiger partial charge in [0.1, 0.15) is 0 Å². The summed E-state index contributed by atoms with van der Waals surface area (Å²) >= 11 is 6.02. The first kappa shape index (κ1) is 15.5. The zero-order chi connectivity index (χ0) is 16.5. The van der Waals surface area contributed by atoms with Gasteiger partial charge in [0.25, 0.3) is 0 Å². The zero-order valence-electron chi connectivity index (χ0n) is 13.5. The molecule has 24 heavy (non-hydrogen) atoms. The van der Waals surface area contributed by atoms with Gasteiger partial charge in [-0.25, -0.2) is 4.98 Å². The fraction of sp³-hybridized carbons (Fsp3) is 0.316. The highest BCUT2D eigenvalue weighted by Gasteiger charge is 2.22. The molecule has 3 aromatic rings. The predicted molar refractivity (Wildman–Crippen MR) is 99.7 cm³/mol. The Morgan fingerprint density at radius 2 is 1.92 bits per heavy atom. The minimum atomic E-state index is 0.225. The average Bonchev–Trinajstić information content (AvgIpc) is 2.96. The number of para-hydroxylation sites is 2. The first-order valence-electron chi connectivity index (χ1n) is 8.41. The van der Waals surface area contributed by atoms with Crippen LogP contribution < -0.4 is 10.6 Å². The van der Waals surface area contributed by atoms with Crippen molar-refractivity contribution in [3.8, 4) is 0 Å². The van der Waals surface area contributed by atoms with Crippen LogP contribution in [-0.2, 0) is 6.54 Å². The maximum atomic E-state index is 6.18. The molecular formula is C19H21ClN4. The van der Waals surface area contributed by atoms with Crippen LogP contribution in [0.3, 0.4) is 0 Å². The molecule has 1 aliphatic heterocycles. The topological polar surface area (TPSA) is 47.1 Å². The molecule has 1 aromatic heterocycles. The lowest BCUT2D eigenvalue weighted by Gasteiger charge is -2.32. The molecule has 5 heteroatoms. The number of aromatic nitrogens is 2.